The molecule has 0 aliphatic heterocycles. The Morgan fingerprint density at radius 1 is 0.378 bits per heavy atom. The van der Waals surface area contributed by atoms with Gasteiger partial charge in [0.05, 0.1) is 5.69 Å². The number of hydrogen-bond donors (Lipinski definition) is 0. The van der Waals surface area contributed by atoms with Crippen LogP contribution in [0.2, 0.25) is 0 Å². The lowest BCUT2D eigenvalue weighted by Gasteiger charge is -2.40. The number of rotatable bonds is 6. The largest absolute Gasteiger partial charge is 0.455 e. The number of anilines is 6. The van der Waals surface area contributed by atoms with Crippen molar-refractivity contribution < 1.29 is 4.42 Å². The first-order valence-corrected chi connectivity index (χ1v) is 26.8. The van der Waals surface area contributed by atoms with Crippen LogP contribution in [-0.2, 0) is 39.9 Å². The van der Waals surface area contributed by atoms with Crippen molar-refractivity contribution in [2.75, 3.05) is 9.80 Å². The fourth-order valence-electron chi connectivity index (χ4n) is 12.4. The first-order chi connectivity index (χ1) is 35.2. The number of furan rings is 1. The highest BCUT2D eigenvalue weighted by Gasteiger charge is 2.47. The van der Waals surface area contributed by atoms with Crippen LogP contribution in [0.15, 0.2) is 186 Å². The maximum Gasteiger partial charge on any atom is 0.143 e. The summed E-state index contributed by atoms with van der Waals surface area (Å²) in [5.41, 5.74) is 22.0. The second-order valence-electron chi connectivity index (χ2n) is 25.6. The van der Waals surface area contributed by atoms with E-state index in [-0.39, 0.29) is 27.1 Å². The van der Waals surface area contributed by atoms with Crippen LogP contribution in [0.1, 0.15) is 128 Å². The van der Waals surface area contributed by atoms with Gasteiger partial charge in [-0.2, -0.15) is 0 Å². The molecule has 3 nitrogen and oxygen atoms in total. The Bertz CT molecular complexity index is 3630. The third-order valence-electron chi connectivity index (χ3n) is 16.5. The summed E-state index contributed by atoms with van der Waals surface area (Å²) in [6.07, 6.45) is 1.74. The highest BCUT2D eigenvalue weighted by atomic mass is 16.3. The standard InChI is InChI=1S/C71H70N2O/c1-67(2,3)46-21-29-50(30-22-46)72(51-31-23-47(24-32-51)68(4,5)6)54-37-38-57-59-41-45-43-71(61-19-15-13-17-55(61)56-18-14-16-20-62(56)71)44-60-63(40-39-58(65(45)60)66(59)74-64(57)42-54)73(52-33-25-48(26-34-52)69(7,8)9)53-35-27-49(28-36-53)70(10,11)12/h13-42H,43-44H2,1-12H3. The third-order valence-corrected chi connectivity index (χ3v) is 16.5. The molecule has 12 rings (SSSR count). The molecule has 1 spiro atoms. The van der Waals surface area contributed by atoms with Crippen LogP contribution in [0, 0.1) is 0 Å². The van der Waals surface area contributed by atoms with E-state index in [1.54, 1.807) is 0 Å². The van der Waals surface area contributed by atoms with Gasteiger partial charge in [0.25, 0.3) is 0 Å². The zero-order chi connectivity index (χ0) is 51.7. The minimum absolute atomic E-state index is 0.0314. The number of benzene rings is 9. The smallest absolute Gasteiger partial charge is 0.143 e. The Kier molecular flexibility index (Phi) is 10.8. The third kappa shape index (κ3) is 7.85. The molecular weight excluding hydrogens is 897 g/mol. The molecule has 370 valence electrons. The van der Waals surface area contributed by atoms with Crippen LogP contribution in [0.5, 0.6) is 0 Å². The van der Waals surface area contributed by atoms with Crippen molar-refractivity contribution in [3.05, 3.63) is 226 Å². The molecule has 1 heterocycles. The van der Waals surface area contributed by atoms with Crippen LogP contribution >= 0.6 is 0 Å². The molecule has 1 aromatic heterocycles. The lowest BCUT2D eigenvalue weighted by molar-refractivity contribution is 0.514. The Balaban J connectivity index is 1.09. The van der Waals surface area contributed by atoms with Gasteiger partial charge in [0, 0.05) is 56.1 Å². The van der Waals surface area contributed by atoms with Gasteiger partial charge in [-0.05, 0) is 174 Å². The fraction of sp³-hybridized carbons (Fsp3) is 0.268. The SMILES string of the molecule is CC(C)(C)c1ccc(N(c2ccc(C(C)(C)C)cc2)c2ccc3c(c2)oc2c4ccc(N(c5ccc(C(C)(C)C)cc5)c5ccc(C(C)(C)C)cc5)c5c4c(cc32)CC2(C5)c3ccccc3-c3ccccc32)cc1. The Labute approximate surface area is 439 Å². The van der Waals surface area contributed by atoms with Crippen molar-refractivity contribution in [3.8, 4) is 11.1 Å². The van der Waals surface area contributed by atoms with Gasteiger partial charge in [-0.3, -0.25) is 0 Å². The first kappa shape index (κ1) is 47.6. The van der Waals surface area contributed by atoms with Gasteiger partial charge in [0.1, 0.15) is 11.2 Å². The summed E-state index contributed by atoms with van der Waals surface area (Å²) < 4.78 is 7.28. The van der Waals surface area contributed by atoms with Gasteiger partial charge < -0.3 is 14.2 Å². The molecule has 2 aliphatic carbocycles. The summed E-state index contributed by atoms with van der Waals surface area (Å²) in [7, 11) is 0. The van der Waals surface area contributed by atoms with Gasteiger partial charge in [-0.15, -0.1) is 0 Å². The lowest BCUT2D eigenvalue weighted by atomic mass is 9.65. The minimum Gasteiger partial charge on any atom is -0.455 e. The zero-order valence-electron chi connectivity index (χ0n) is 45.5. The molecule has 10 aromatic rings. The molecule has 0 atom stereocenters. The summed E-state index contributed by atoms with van der Waals surface area (Å²) in [5, 5.41) is 4.77. The lowest BCUT2D eigenvalue weighted by Crippen LogP contribution is -2.34. The van der Waals surface area contributed by atoms with Gasteiger partial charge in [0.15, 0.2) is 0 Å². The van der Waals surface area contributed by atoms with E-state index in [4.69, 9.17) is 4.42 Å². The number of nitrogens with zero attached hydrogens (tertiary/aromatic N) is 2. The first-order valence-electron chi connectivity index (χ1n) is 26.8. The molecule has 0 radical (unpaired) electrons. The number of fused-ring (bicyclic) bond motifs is 9. The van der Waals surface area contributed by atoms with E-state index in [0.717, 1.165) is 63.2 Å². The average molecular weight is 967 g/mol. The molecule has 0 saturated heterocycles. The maximum absolute atomic E-state index is 7.28. The van der Waals surface area contributed by atoms with Gasteiger partial charge in [0.2, 0.25) is 0 Å². The minimum atomic E-state index is -0.271. The van der Waals surface area contributed by atoms with E-state index in [0.29, 0.717) is 0 Å². The zero-order valence-corrected chi connectivity index (χ0v) is 45.5. The number of hydrogen-bond acceptors (Lipinski definition) is 3. The highest BCUT2D eigenvalue weighted by molar-refractivity contribution is 6.18. The Morgan fingerprint density at radius 2 is 0.784 bits per heavy atom. The topological polar surface area (TPSA) is 19.6 Å². The molecule has 0 amide bonds. The monoisotopic (exact) mass is 967 g/mol. The summed E-state index contributed by atoms with van der Waals surface area (Å²) in [5.74, 6) is 0. The van der Waals surface area contributed by atoms with Crippen LogP contribution in [-0.4, -0.2) is 0 Å². The van der Waals surface area contributed by atoms with E-state index in [9.17, 15) is 0 Å². The predicted molar refractivity (Wildman–Crippen MR) is 315 cm³/mol. The van der Waals surface area contributed by atoms with Crippen LogP contribution < -0.4 is 9.80 Å². The van der Waals surface area contributed by atoms with Crippen molar-refractivity contribution in [1.82, 2.24) is 0 Å². The summed E-state index contributed by atoms with van der Waals surface area (Å²) in [6, 6.07) is 69.3. The Morgan fingerprint density at radius 3 is 1.23 bits per heavy atom. The quantitative estimate of drug-likeness (QED) is 0.166. The molecule has 2 aliphatic rings. The molecular formula is C71H70N2O. The normalized spacial score (nSPS) is 14.2. The van der Waals surface area contributed by atoms with Crippen molar-refractivity contribution in [2.24, 2.45) is 0 Å². The van der Waals surface area contributed by atoms with Crippen molar-refractivity contribution >= 4 is 66.8 Å². The summed E-state index contributed by atoms with van der Waals surface area (Å²) >= 11 is 0. The molecule has 74 heavy (non-hydrogen) atoms. The van der Waals surface area contributed by atoms with Crippen LogP contribution in [0.25, 0.3) is 43.8 Å². The second kappa shape index (κ2) is 16.8. The molecule has 0 saturated carbocycles. The van der Waals surface area contributed by atoms with Gasteiger partial charge in [-0.25, -0.2) is 0 Å². The molecule has 3 heteroatoms. The molecule has 0 fully saturated rings. The Hall–Kier alpha value is -7.36. The molecule has 0 N–H and O–H groups in total. The summed E-state index contributed by atoms with van der Waals surface area (Å²) in [4.78, 5) is 4.90. The summed E-state index contributed by atoms with van der Waals surface area (Å²) in [6.45, 7) is 27.4. The van der Waals surface area contributed by atoms with E-state index in [1.807, 2.05) is 0 Å². The fourth-order valence-corrected chi connectivity index (χ4v) is 12.4. The van der Waals surface area contributed by atoms with Crippen molar-refractivity contribution in [3.63, 3.8) is 0 Å². The molecule has 0 unspecified atom stereocenters. The maximum atomic E-state index is 7.28. The van der Waals surface area contributed by atoms with Gasteiger partial charge >= 0.3 is 0 Å². The van der Waals surface area contributed by atoms with Crippen molar-refractivity contribution in [1.29, 1.82) is 0 Å². The van der Waals surface area contributed by atoms with E-state index >= 15 is 0 Å². The van der Waals surface area contributed by atoms with Crippen LogP contribution in [0.3, 0.4) is 0 Å². The highest BCUT2D eigenvalue weighted by Crippen LogP contribution is 2.58. The average Bonchev–Trinajstić information content (AvgIpc) is 3.89. The second-order valence-corrected chi connectivity index (χ2v) is 25.6. The van der Waals surface area contributed by atoms with E-state index < -0.39 is 0 Å². The molecule has 0 bridgehead atoms. The van der Waals surface area contributed by atoms with E-state index in [1.165, 1.54) is 72.1 Å². The van der Waals surface area contributed by atoms with E-state index in [2.05, 4.69) is 275 Å². The van der Waals surface area contributed by atoms with Gasteiger partial charge in [-0.1, -0.05) is 180 Å². The van der Waals surface area contributed by atoms with Crippen LogP contribution in [0.4, 0.5) is 34.1 Å². The molecule has 9 aromatic carbocycles. The van der Waals surface area contributed by atoms with Crippen molar-refractivity contribution in [2.45, 2.75) is 123 Å². The predicted octanol–water partition coefficient (Wildman–Crippen LogP) is 19.9.